The zero-order valence-corrected chi connectivity index (χ0v) is 13.4. The van der Waals surface area contributed by atoms with Gasteiger partial charge in [0.1, 0.15) is 0 Å². The van der Waals surface area contributed by atoms with Crippen molar-refractivity contribution >= 4 is 32.5 Å². The molecule has 0 N–H and O–H groups in total. The molecule has 0 bridgehead atoms. The molecule has 0 spiro atoms. The van der Waals surface area contributed by atoms with Crippen LogP contribution in [0.5, 0.6) is 0 Å². The molecular formula is C10H18O9S2. The molecule has 0 radical (unpaired) electrons. The zero-order valence-electron chi connectivity index (χ0n) is 11.7. The molecule has 0 unspecified atom stereocenters. The van der Waals surface area contributed by atoms with Crippen molar-refractivity contribution < 1.29 is 39.0 Å². The van der Waals surface area contributed by atoms with Gasteiger partial charge in [-0.2, -0.15) is 16.8 Å². The van der Waals surface area contributed by atoms with Crippen LogP contribution in [0.2, 0.25) is 0 Å². The summed E-state index contributed by atoms with van der Waals surface area (Å²) < 4.78 is 55.6. The third-order valence-electron chi connectivity index (χ3n) is 1.96. The van der Waals surface area contributed by atoms with Crippen molar-refractivity contribution in [3.63, 3.8) is 0 Å². The highest BCUT2D eigenvalue weighted by molar-refractivity contribution is 7.86. The van der Waals surface area contributed by atoms with E-state index in [1.54, 1.807) is 0 Å². The van der Waals surface area contributed by atoms with E-state index in [1.165, 1.54) is 6.92 Å². The Labute approximate surface area is 124 Å². The minimum Gasteiger partial charge on any atom is -0.346 e. The molecule has 124 valence electrons. The van der Waals surface area contributed by atoms with E-state index in [0.29, 0.717) is 12.8 Å². The van der Waals surface area contributed by atoms with E-state index in [0.717, 1.165) is 6.26 Å². The molecule has 0 saturated carbocycles. The number of hydrogen-bond donors (Lipinski definition) is 0. The van der Waals surface area contributed by atoms with Crippen LogP contribution >= 0.6 is 0 Å². The third kappa shape index (κ3) is 12.3. The Balaban J connectivity index is 3.82. The molecule has 0 aromatic carbocycles. The number of carbonyl (C=O) groups excluding carboxylic acids is 2. The maximum absolute atomic E-state index is 11.2. The Bertz CT molecular complexity index is 547. The molecular weight excluding hydrogens is 328 g/mol. The normalized spacial score (nSPS) is 11.9. The summed E-state index contributed by atoms with van der Waals surface area (Å²) in [7, 11) is -8.11. The standard InChI is InChI=1S/C10H18O9S2/c1-3-17-21(15,16)19-10(12)8-6-4-5-7-9(11)18-20(2,13)14/h3-8H2,1-2H3. The second kappa shape index (κ2) is 8.95. The first kappa shape index (κ1) is 19.8. The highest BCUT2D eigenvalue weighted by Gasteiger charge is 2.17. The highest BCUT2D eigenvalue weighted by Crippen LogP contribution is 2.07. The minimum atomic E-state index is -4.30. The van der Waals surface area contributed by atoms with Gasteiger partial charge in [-0.25, -0.2) is 4.18 Å². The lowest BCUT2D eigenvalue weighted by molar-refractivity contribution is -0.134. The van der Waals surface area contributed by atoms with Crippen molar-refractivity contribution in [1.29, 1.82) is 0 Å². The Kier molecular flexibility index (Phi) is 8.44. The van der Waals surface area contributed by atoms with Gasteiger partial charge in [-0.15, -0.1) is 0 Å². The van der Waals surface area contributed by atoms with Gasteiger partial charge in [0.15, 0.2) is 0 Å². The lowest BCUT2D eigenvalue weighted by atomic mass is 10.1. The van der Waals surface area contributed by atoms with Crippen LogP contribution in [-0.2, 0) is 42.7 Å². The van der Waals surface area contributed by atoms with Crippen molar-refractivity contribution in [2.75, 3.05) is 12.9 Å². The van der Waals surface area contributed by atoms with E-state index in [2.05, 4.69) is 12.5 Å². The molecule has 0 aliphatic heterocycles. The van der Waals surface area contributed by atoms with Gasteiger partial charge in [0.2, 0.25) is 0 Å². The van der Waals surface area contributed by atoms with E-state index in [1.807, 2.05) is 0 Å². The summed E-state index contributed by atoms with van der Waals surface area (Å²) in [6, 6.07) is 0. The summed E-state index contributed by atoms with van der Waals surface area (Å²) in [4.78, 5) is 22.2. The fourth-order valence-electron chi connectivity index (χ4n) is 1.25. The number of rotatable bonds is 10. The van der Waals surface area contributed by atoms with Crippen LogP contribution in [0, 0.1) is 0 Å². The van der Waals surface area contributed by atoms with E-state index >= 15 is 0 Å². The molecule has 0 rings (SSSR count). The Morgan fingerprint density at radius 2 is 1.33 bits per heavy atom. The molecule has 11 heteroatoms. The molecule has 0 aromatic heterocycles. The quantitative estimate of drug-likeness (QED) is 0.404. The van der Waals surface area contributed by atoms with Gasteiger partial charge in [-0.1, -0.05) is 6.42 Å². The predicted molar refractivity (Wildman–Crippen MR) is 70.7 cm³/mol. The highest BCUT2D eigenvalue weighted by atomic mass is 32.3. The first-order valence-electron chi connectivity index (χ1n) is 6.09. The summed E-state index contributed by atoms with van der Waals surface area (Å²) in [5.74, 6) is -1.83. The van der Waals surface area contributed by atoms with Gasteiger partial charge in [0.05, 0.1) is 12.9 Å². The second-order valence-corrected chi connectivity index (χ2v) is 6.78. The first-order chi connectivity index (χ1) is 9.56. The van der Waals surface area contributed by atoms with Crippen LogP contribution in [-0.4, -0.2) is 41.6 Å². The molecule has 9 nitrogen and oxygen atoms in total. The van der Waals surface area contributed by atoms with Gasteiger partial charge in [-0.05, 0) is 19.8 Å². The summed E-state index contributed by atoms with van der Waals surface area (Å²) in [5, 5.41) is 0. The van der Waals surface area contributed by atoms with Crippen molar-refractivity contribution in [1.82, 2.24) is 0 Å². The second-order valence-electron chi connectivity index (χ2n) is 3.99. The molecule has 0 aliphatic carbocycles. The average molecular weight is 346 g/mol. The summed E-state index contributed by atoms with van der Waals surface area (Å²) >= 11 is 0. The lowest BCUT2D eigenvalue weighted by Gasteiger charge is -2.04. The van der Waals surface area contributed by atoms with E-state index in [9.17, 15) is 26.4 Å². The van der Waals surface area contributed by atoms with Crippen molar-refractivity contribution in [3.8, 4) is 0 Å². The summed E-state index contributed by atoms with van der Waals surface area (Å²) in [6.45, 7) is 1.29. The van der Waals surface area contributed by atoms with Crippen LogP contribution in [0.4, 0.5) is 0 Å². The summed E-state index contributed by atoms with van der Waals surface area (Å²) in [5.41, 5.74) is 0. The first-order valence-corrected chi connectivity index (χ1v) is 9.24. The van der Waals surface area contributed by atoms with Gasteiger partial charge < -0.3 is 8.37 Å². The van der Waals surface area contributed by atoms with E-state index < -0.39 is 32.5 Å². The van der Waals surface area contributed by atoms with Crippen LogP contribution in [0.15, 0.2) is 0 Å². The Morgan fingerprint density at radius 1 is 0.857 bits per heavy atom. The molecule has 0 heterocycles. The van der Waals surface area contributed by atoms with Crippen LogP contribution < -0.4 is 0 Å². The average Bonchev–Trinajstić information content (AvgIpc) is 2.24. The SMILES string of the molecule is CCOS(=O)(=O)OC(=O)CCCCCC(=O)OS(C)(=O)=O. The zero-order chi connectivity index (χ0) is 16.5. The minimum absolute atomic E-state index is 0.112. The fourth-order valence-corrected chi connectivity index (χ4v) is 2.32. The van der Waals surface area contributed by atoms with Crippen LogP contribution in [0.1, 0.15) is 39.0 Å². The topological polar surface area (TPSA) is 130 Å². The Morgan fingerprint density at radius 3 is 1.76 bits per heavy atom. The third-order valence-corrected chi connectivity index (χ3v) is 3.37. The molecule has 21 heavy (non-hydrogen) atoms. The van der Waals surface area contributed by atoms with E-state index in [4.69, 9.17) is 0 Å². The summed E-state index contributed by atoms with van der Waals surface area (Å²) in [6.07, 6.45) is 1.49. The molecule has 0 fully saturated rings. The van der Waals surface area contributed by atoms with E-state index in [-0.39, 0.29) is 25.9 Å². The molecule has 0 saturated heterocycles. The Hall–Kier alpha value is -1.20. The largest absolute Gasteiger partial charge is 0.451 e. The molecule has 0 aliphatic rings. The molecule has 0 atom stereocenters. The smallest absolute Gasteiger partial charge is 0.346 e. The van der Waals surface area contributed by atoms with Crippen molar-refractivity contribution in [2.24, 2.45) is 0 Å². The van der Waals surface area contributed by atoms with Crippen LogP contribution in [0.25, 0.3) is 0 Å². The monoisotopic (exact) mass is 346 g/mol. The van der Waals surface area contributed by atoms with Gasteiger partial charge >= 0.3 is 32.5 Å². The maximum Gasteiger partial charge on any atom is 0.451 e. The van der Waals surface area contributed by atoms with Crippen LogP contribution in [0.3, 0.4) is 0 Å². The molecule has 0 aromatic rings. The van der Waals surface area contributed by atoms with Gasteiger partial charge in [0, 0.05) is 12.8 Å². The number of unbranched alkanes of at least 4 members (excludes halogenated alkanes) is 2. The lowest BCUT2D eigenvalue weighted by Crippen LogP contribution is -2.15. The van der Waals surface area contributed by atoms with Crippen molar-refractivity contribution in [3.05, 3.63) is 0 Å². The number of carbonyl (C=O) groups is 2. The molecule has 0 amide bonds. The predicted octanol–water partition coefficient (Wildman–Crippen LogP) is 0.264. The van der Waals surface area contributed by atoms with Crippen molar-refractivity contribution in [2.45, 2.75) is 39.0 Å². The number of hydrogen-bond acceptors (Lipinski definition) is 9. The maximum atomic E-state index is 11.2. The fraction of sp³-hybridized carbons (Fsp3) is 0.800. The van der Waals surface area contributed by atoms with Gasteiger partial charge in [-0.3, -0.25) is 9.59 Å². The van der Waals surface area contributed by atoms with Gasteiger partial charge in [0.25, 0.3) is 0 Å².